The molecule has 0 amide bonds. The normalized spacial score (nSPS) is 11.3. The van der Waals surface area contributed by atoms with Crippen molar-refractivity contribution in [3.63, 3.8) is 0 Å². The quantitative estimate of drug-likeness (QED) is 0.553. The highest BCUT2D eigenvalue weighted by atomic mass is 16.3. The SMILES string of the molecule is CC(C)n1c(-c2ccc(N)c(O)c2)nc2cnccc21. The fourth-order valence-electron chi connectivity index (χ4n) is 2.36. The lowest BCUT2D eigenvalue weighted by Gasteiger charge is -2.13. The lowest BCUT2D eigenvalue weighted by Crippen LogP contribution is -2.03. The van der Waals surface area contributed by atoms with Gasteiger partial charge in [-0.2, -0.15) is 0 Å². The van der Waals surface area contributed by atoms with Gasteiger partial charge in [0.15, 0.2) is 0 Å². The minimum absolute atomic E-state index is 0.0722. The number of aromatic hydroxyl groups is 1. The molecule has 20 heavy (non-hydrogen) atoms. The fraction of sp³-hybridized carbons (Fsp3) is 0.200. The molecule has 3 aromatic rings. The summed E-state index contributed by atoms with van der Waals surface area (Å²) in [5.41, 5.74) is 8.72. The maximum absolute atomic E-state index is 9.79. The van der Waals surface area contributed by atoms with Crippen molar-refractivity contribution in [1.29, 1.82) is 0 Å². The molecule has 0 saturated heterocycles. The van der Waals surface area contributed by atoms with Crippen LogP contribution in [0.3, 0.4) is 0 Å². The Hall–Kier alpha value is -2.56. The molecule has 0 atom stereocenters. The maximum Gasteiger partial charge on any atom is 0.141 e. The topological polar surface area (TPSA) is 77.0 Å². The van der Waals surface area contributed by atoms with Crippen LogP contribution in [0.25, 0.3) is 22.4 Å². The molecule has 3 N–H and O–H groups in total. The number of hydrogen-bond acceptors (Lipinski definition) is 4. The number of phenolic OH excluding ortho intramolecular Hbond substituents is 1. The number of anilines is 1. The van der Waals surface area contributed by atoms with Gasteiger partial charge in [0.05, 0.1) is 17.4 Å². The molecule has 0 radical (unpaired) electrons. The Morgan fingerprint density at radius 1 is 1.25 bits per heavy atom. The third-order valence-electron chi connectivity index (χ3n) is 3.30. The van der Waals surface area contributed by atoms with Crippen LogP contribution in [0.1, 0.15) is 19.9 Å². The van der Waals surface area contributed by atoms with Crippen LogP contribution in [0.5, 0.6) is 5.75 Å². The smallest absolute Gasteiger partial charge is 0.141 e. The van der Waals surface area contributed by atoms with Gasteiger partial charge in [-0.15, -0.1) is 0 Å². The predicted molar refractivity (Wildman–Crippen MR) is 79.4 cm³/mol. The standard InChI is InChI=1S/C15H16N4O/c1-9(2)19-13-5-6-17-8-12(13)18-15(19)10-3-4-11(16)14(20)7-10/h3-9,20H,16H2,1-2H3. The first-order valence-corrected chi connectivity index (χ1v) is 6.48. The molecule has 0 spiro atoms. The molecule has 0 aliphatic rings. The van der Waals surface area contributed by atoms with E-state index in [0.29, 0.717) is 5.69 Å². The van der Waals surface area contributed by atoms with Crippen LogP contribution in [0, 0.1) is 0 Å². The average molecular weight is 268 g/mol. The van der Waals surface area contributed by atoms with Crippen molar-refractivity contribution in [3.05, 3.63) is 36.7 Å². The van der Waals surface area contributed by atoms with Crippen LogP contribution in [-0.2, 0) is 0 Å². The summed E-state index contributed by atoms with van der Waals surface area (Å²) in [7, 11) is 0. The lowest BCUT2D eigenvalue weighted by molar-refractivity contribution is 0.478. The number of phenols is 1. The zero-order chi connectivity index (χ0) is 14.3. The van der Waals surface area contributed by atoms with Crippen LogP contribution in [0.2, 0.25) is 0 Å². The predicted octanol–water partition coefficient (Wildman–Crippen LogP) is 2.97. The third kappa shape index (κ3) is 1.87. The number of nitrogens with two attached hydrogens (primary N) is 1. The zero-order valence-corrected chi connectivity index (χ0v) is 11.4. The van der Waals surface area contributed by atoms with Crippen LogP contribution in [-0.4, -0.2) is 19.6 Å². The molecule has 5 nitrogen and oxygen atoms in total. The number of rotatable bonds is 2. The zero-order valence-electron chi connectivity index (χ0n) is 11.4. The number of nitrogens with zero attached hydrogens (tertiary/aromatic N) is 3. The Kier molecular flexibility index (Phi) is 2.82. The van der Waals surface area contributed by atoms with E-state index in [0.717, 1.165) is 22.4 Å². The highest BCUT2D eigenvalue weighted by molar-refractivity contribution is 5.80. The third-order valence-corrected chi connectivity index (χ3v) is 3.30. The molecule has 0 aliphatic heterocycles. The molecule has 2 aromatic heterocycles. The Bertz CT molecular complexity index is 777. The summed E-state index contributed by atoms with van der Waals surface area (Å²) in [4.78, 5) is 8.73. The van der Waals surface area contributed by atoms with Gasteiger partial charge >= 0.3 is 0 Å². The molecule has 0 bridgehead atoms. The Morgan fingerprint density at radius 3 is 2.75 bits per heavy atom. The summed E-state index contributed by atoms with van der Waals surface area (Å²) in [5.74, 6) is 0.876. The van der Waals surface area contributed by atoms with E-state index in [1.807, 2.05) is 12.1 Å². The number of pyridine rings is 1. The number of fused-ring (bicyclic) bond motifs is 1. The van der Waals surface area contributed by atoms with E-state index in [1.165, 1.54) is 0 Å². The summed E-state index contributed by atoms with van der Waals surface area (Å²) >= 11 is 0. The molecule has 1 aromatic carbocycles. The summed E-state index contributed by atoms with van der Waals surface area (Å²) in [5, 5.41) is 9.79. The second-order valence-corrected chi connectivity index (χ2v) is 5.04. The fourth-order valence-corrected chi connectivity index (χ4v) is 2.36. The molecule has 3 rings (SSSR count). The Balaban J connectivity index is 2.29. The van der Waals surface area contributed by atoms with Crippen molar-refractivity contribution in [1.82, 2.24) is 14.5 Å². The van der Waals surface area contributed by atoms with Gasteiger partial charge < -0.3 is 15.4 Å². The molecule has 2 heterocycles. The van der Waals surface area contributed by atoms with E-state index >= 15 is 0 Å². The van der Waals surface area contributed by atoms with Crippen molar-refractivity contribution in [2.24, 2.45) is 0 Å². The minimum Gasteiger partial charge on any atom is -0.506 e. The van der Waals surface area contributed by atoms with Crippen LogP contribution in [0.15, 0.2) is 36.7 Å². The molecular formula is C15H16N4O. The first-order valence-electron chi connectivity index (χ1n) is 6.48. The molecule has 0 fully saturated rings. The first-order chi connectivity index (χ1) is 9.58. The van der Waals surface area contributed by atoms with Crippen molar-refractivity contribution >= 4 is 16.7 Å². The van der Waals surface area contributed by atoms with Crippen molar-refractivity contribution in [2.75, 3.05) is 5.73 Å². The van der Waals surface area contributed by atoms with E-state index < -0.39 is 0 Å². The van der Waals surface area contributed by atoms with Gasteiger partial charge in [0.1, 0.15) is 17.1 Å². The Morgan fingerprint density at radius 2 is 2.05 bits per heavy atom. The second kappa shape index (κ2) is 4.52. The monoisotopic (exact) mass is 268 g/mol. The van der Waals surface area contributed by atoms with Crippen LogP contribution in [0.4, 0.5) is 5.69 Å². The van der Waals surface area contributed by atoms with E-state index in [-0.39, 0.29) is 11.8 Å². The summed E-state index contributed by atoms with van der Waals surface area (Å²) < 4.78 is 2.13. The van der Waals surface area contributed by atoms with Gasteiger partial charge in [0.2, 0.25) is 0 Å². The maximum atomic E-state index is 9.79. The molecule has 102 valence electrons. The molecule has 0 saturated carbocycles. The number of aromatic nitrogens is 3. The number of hydrogen-bond donors (Lipinski definition) is 2. The van der Waals surface area contributed by atoms with Crippen molar-refractivity contribution < 1.29 is 5.11 Å². The van der Waals surface area contributed by atoms with E-state index in [9.17, 15) is 5.11 Å². The van der Waals surface area contributed by atoms with Gasteiger partial charge in [-0.25, -0.2) is 4.98 Å². The minimum atomic E-state index is 0.0722. The second-order valence-electron chi connectivity index (χ2n) is 5.04. The molecular weight excluding hydrogens is 252 g/mol. The lowest BCUT2D eigenvalue weighted by atomic mass is 10.1. The largest absolute Gasteiger partial charge is 0.506 e. The average Bonchev–Trinajstić information content (AvgIpc) is 2.81. The van der Waals surface area contributed by atoms with Crippen molar-refractivity contribution in [2.45, 2.75) is 19.9 Å². The summed E-state index contributed by atoms with van der Waals surface area (Å²) in [6.45, 7) is 4.20. The molecule has 0 aliphatic carbocycles. The number of nitrogen functional groups attached to an aromatic ring is 1. The van der Waals surface area contributed by atoms with E-state index in [2.05, 4.69) is 28.4 Å². The summed E-state index contributed by atoms with van der Waals surface area (Å²) in [6.07, 6.45) is 3.50. The van der Waals surface area contributed by atoms with E-state index in [1.54, 1.807) is 24.5 Å². The number of benzene rings is 1. The van der Waals surface area contributed by atoms with E-state index in [4.69, 9.17) is 5.73 Å². The van der Waals surface area contributed by atoms with Crippen LogP contribution < -0.4 is 5.73 Å². The molecule has 0 unspecified atom stereocenters. The summed E-state index contributed by atoms with van der Waals surface area (Å²) in [6, 6.07) is 7.39. The highest BCUT2D eigenvalue weighted by Gasteiger charge is 2.15. The van der Waals surface area contributed by atoms with Gasteiger partial charge in [-0.3, -0.25) is 4.98 Å². The van der Waals surface area contributed by atoms with Crippen LogP contribution >= 0.6 is 0 Å². The van der Waals surface area contributed by atoms with Gasteiger partial charge in [0.25, 0.3) is 0 Å². The Labute approximate surface area is 116 Å². The van der Waals surface area contributed by atoms with Crippen molar-refractivity contribution in [3.8, 4) is 17.1 Å². The first kappa shape index (κ1) is 12.5. The van der Waals surface area contributed by atoms with Gasteiger partial charge in [-0.1, -0.05) is 0 Å². The van der Waals surface area contributed by atoms with Gasteiger partial charge in [0, 0.05) is 17.8 Å². The van der Waals surface area contributed by atoms with Gasteiger partial charge in [-0.05, 0) is 38.1 Å². The highest BCUT2D eigenvalue weighted by Crippen LogP contribution is 2.31. The number of imidazole rings is 1. The molecule has 5 heteroatoms.